The summed E-state index contributed by atoms with van der Waals surface area (Å²) in [6.45, 7) is 18.1. The molecule has 82 heavy (non-hydrogen) atoms. The Morgan fingerprint density at radius 1 is 0.244 bits per heavy atom. The first-order valence-corrected chi connectivity index (χ1v) is 38.9. The van der Waals surface area contributed by atoms with E-state index < -0.39 is 14.5 Å². The summed E-state index contributed by atoms with van der Waals surface area (Å²) in [5, 5.41) is 12.9. The zero-order valence-electron chi connectivity index (χ0n) is 47.8. The van der Waals surface area contributed by atoms with Crippen molar-refractivity contribution in [1.29, 1.82) is 0 Å². The van der Waals surface area contributed by atoms with Crippen molar-refractivity contribution in [3.8, 4) is 0 Å². The van der Waals surface area contributed by atoms with Crippen LogP contribution in [0.15, 0.2) is 303 Å². The van der Waals surface area contributed by atoms with E-state index in [1.165, 1.54) is 21.2 Å². The number of carbonyl (C=O) groups excluding carboxylic acids is 1. The Bertz CT molecular complexity index is 2680. The molecule has 0 spiro atoms. The van der Waals surface area contributed by atoms with Crippen LogP contribution < -0.4 is 53.0 Å². The van der Waals surface area contributed by atoms with Crippen LogP contribution in [0, 0.1) is 12.3 Å². The van der Waals surface area contributed by atoms with Gasteiger partial charge in [0.2, 0.25) is 0 Å². The van der Waals surface area contributed by atoms with E-state index in [0.717, 1.165) is 31.8 Å². The molecule has 0 saturated heterocycles. The molecule has 0 aliphatic rings. The second-order valence-corrected chi connectivity index (χ2v) is 34.8. The van der Waals surface area contributed by atoms with Gasteiger partial charge >= 0.3 is 44.8 Å². The zero-order chi connectivity index (χ0) is 55.4. The SMILES string of the molecule is CP(C)c1ccccc1.CP(C)c1ccccc1.CP(C)c1ccccc1.CP(C)c1ccccc1.O=C([CH-][P+](c1ccccc1)(c1ccccc1)c1ccccc1)[CH-][P+](c1ccccc1)(c1ccccc1)c1ccccc1.[Au+].[Au+].[Au].[Au]. The molecule has 2 radical (unpaired) electrons. The minimum Gasteiger partial charge on any atom is -0.361 e. The first kappa shape index (κ1) is 75.3. The smallest absolute Gasteiger partial charge is 0.361 e. The molecular weight excluding hydrogens is 1840 g/mol. The maximum Gasteiger partial charge on any atom is 1.00 e. The molecule has 0 unspecified atom stereocenters. The number of carbonyl (C=O) groups is 1. The van der Waals surface area contributed by atoms with E-state index in [4.69, 9.17) is 0 Å². The van der Waals surface area contributed by atoms with Crippen LogP contribution in [0.4, 0.5) is 0 Å². The third-order valence-corrected chi connectivity index (χ3v) is 26.0. The van der Waals surface area contributed by atoms with Gasteiger partial charge in [-0.05, 0) is 147 Å². The Kier molecular flexibility index (Phi) is 37.9. The van der Waals surface area contributed by atoms with Crippen molar-refractivity contribution in [3.05, 3.63) is 316 Å². The molecule has 0 aliphatic heterocycles. The Labute approximate surface area is 562 Å². The third kappa shape index (κ3) is 23.1. The van der Waals surface area contributed by atoms with Crippen molar-refractivity contribution in [3.63, 3.8) is 0 Å². The summed E-state index contributed by atoms with van der Waals surface area (Å²) in [5.41, 5.74) is 0. The minimum absolute atomic E-state index is 0. The maximum atomic E-state index is 14.9. The topological polar surface area (TPSA) is 17.1 Å². The first-order chi connectivity index (χ1) is 38.0. The van der Waals surface area contributed by atoms with Gasteiger partial charge in [-0.3, -0.25) is 0 Å². The van der Waals surface area contributed by atoms with Gasteiger partial charge in [0.25, 0.3) is 0 Å². The van der Waals surface area contributed by atoms with Crippen molar-refractivity contribution in [2.75, 3.05) is 53.3 Å². The molecule has 0 amide bonds. The summed E-state index contributed by atoms with van der Waals surface area (Å²) in [5.74, 6) is 0.0461. The second kappa shape index (κ2) is 41.3. The van der Waals surface area contributed by atoms with E-state index in [9.17, 15) is 4.79 Å². The molecule has 0 bridgehead atoms. The van der Waals surface area contributed by atoms with E-state index in [-0.39, 0.29) is 127 Å². The number of ketones is 1. The number of hydrogen-bond donors (Lipinski definition) is 0. The van der Waals surface area contributed by atoms with Gasteiger partial charge in [-0.25, -0.2) is 0 Å². The normalized spacial score (nSPS) is 10.3. The molecule has 0 atom stereocenters. The van der Waals surface area contributed by atoms with Gasteiger partial charge in [0, 0.05) is 59.3 Å². The van der Waals surface area contributed by atoms with Crippen molar-refractivity contribution in [2.24, 2.45) is 0 Å². The van der Waals surface area contributed by atoms with Crippen LogP contribution in [-0.4, -0.2) is 59.1 Å². The van der Waals surface area contributed by atoms with Gasteiger partial charge in [-0.2, -0.15) is 12.3 Å². The zero-order valence-corrected chi connectivity index (χ0v) is 61.9. The van der Waals surface area contributed by atoms with Gasteiger partial charge < -0.3 is 4.79 Å². The number of Topliss-reactive ketones (excluding diaryl/α,β-unsaturated/α-hetero) is 1. The molecule has 0 aromatic heterocycles. The standard InChI is InChI=1S/C39H32OP2.4C8H11P.4Au/c40-33(31-41(34-19-7-1-8-20-34,35-21-9-2-10-22-35)36-23-11-3-12-24-36)32-42(37-25-13-4-14-26-37,38-27-15-5-16-28-38)39-29-17-6-18-30-39;4*1-9(2)8-6-4-3-5-7-8;;;;/h1-32H;4*3-7H,1-2H3;;;;/q;;;;;;;2*+1. The Hall–Kier alpha value is -2.85. The molecule has 438 valence electrons. The molecule has 0 N–H and O–H groups in total. The molecule has 1 nitrogen and oxygen atoms in total. The van der Waals surface area contributed by atoms with Gasteiger partial charge in [0.15, 0.2) is 0 Å². The predicted molar refractivity (Wildman–Crippen MR) is 363 cm³/mol. The van der Waals surface area contributed by atoms with Crippen LogP contribution in [0.25, 0.3) is 0 Å². The number of rotatable bonds is 14. The summed E-state index contributed by atoms with van der Waals surface area (Å²) in [7, 11) is -4.50. The summed E-state index contributed by atoms with van der Waals surface area (Å²) in [4.78, 5) is 14.9. The van der Waals surface area contributed by atoms with Crippen molar-refractivity contribution in [1.82, 2.24) is 0 Å². The van der Waals surface area contributed by atoms with Crippen LogP contribution in [0.2, 0.25) is 0 Å². The van der Waals surface area contributed by atoms with Crippen LogP contribution in [0.5, 0.6) is 0 Å². The molecule has 10 rings (SSSR count). The fourth-order valence-corrected chi connectivity index (χ4v) is 19.3. The second-order valence-electron chi connectivity index (χ2n) is 19.0. The van der Waals surface area contributed by atoms with Crippen molar-refractivity contribution >= 4 is 105 Å². The van der Waals surface area contributed by atoms with Gasteiger partial charge in [0.1, 0.15) is 0 Å². The Balaban J connectivity index is 0.000000462. The summed E-state index contributed by atoms with van der Waals surface area (Å²) >= 11 is 0. The van der Waals surface area contributed by atoms with E-state index >= 15 is 0 Å². The molecule has 0 aliphatic carbocycles. The van der Waals surface area contributed by atoms with Crippen LogP contribution in [0.1, 0.15) is 0 Å². The largest absolute Gasteiger partial charge is 1.00 e. The van der Waals surface area contributed by atoms with Crippen LogP contribution in [-0.2, 0) is 94.3 Å². The first-order valence-electron chi connectivity index (χ1n) is 26.2. The van der Waals surface area contributed by atoms with E-state index in [1.54, 1.807) is 0 Å². The fourth-order valence-electron chi connectivity index (χ4n) is 8.64. The molecule has 0 fully saturated rings. The van der Waals surface area contributed by atoms with Crippen molar-refractivity contribution < 1.29 is 94.3 Å². The summed E-state index contributed by atoms with van der Waals surface area (Å²) < 4.78 is 0. The van der Waals surface area contributed by atoms with E-state index in [2.05, 4.69) is 333 Å². The van der Waals surface area contributed by atoms with E-state index in [1.807, 2.05) is 36.4 Å². The van der Waals surface area contributed by atoms with Gasteiger partial charge in [-0.1, -0.05) is 268 Å². The summed E-state index contributed by atoms with van der Waals surface area (Å²) in [6, 6.07) is 106. The molecule has 10 aromatic rings. The fraction of sp³-hybridized carbons (Fsp3) is 0.113. The Morgan fingerprint density at radius 3 is 0.476 bits per heavy atom. The molecule has 0 heterocycles. The number of benzene rings is 10. The quantitative estimate of drug-likeness (QED) is 0.0602. The van der Waals surface area contributed by atoms with Gasteiger partial charge in [-0.15, -0.1) is 0 Å². The molecule has 11 heteroatoms. The molecular formula is C71H76Au4OP6+2. The van der Waals surface area contributed by atoms with Crippen LogP contribution >= 0.6 is 46.2 Å². The minimum atomic E-state index is -2.46. The van der Waals surface area contributed by atoms with Gasteiger partial charge in [0.05, 0.1) is 31.8 Å². The van der Waals surface area contributed by atoms with Crippen molar-refractivity contribution in [2.45, 2.75) is 0 Å². The molecule has 0 saturated carbocycles. The monoisotopic (exact) mass is 1920 g/mol. The summed E-state index contributed by atoms with van der Waals surface area (Å²) in [6.07, 6.45) is 4.10. The average molecular weight is 1920 g/mol. The van der Waals surface area contributed by atoms with E-state index in [0.29, 0.717) is 0 Å². The van der Waals surface area contributed by atoms with Crippen LogP contribution in [0.3, 0.4) is 0 Å². The predicted octanol–water partition coefficient (Wildman–Crippen LogP) is 15.1. The third-order valence-electron chi connectivity index (χ3n) is 12.7. The number of hydrogen-bond acceptors (Lipinski definition) is 1. The Morgan fingerprint density at radius 2 is 0.366 bits per heavy atom. The molecule has 10 aromatic carbocycles. The average Bonchev–Trinajstić information content (AvgIpc) is 3.53. The maximum absolute atomic E-state index is 14.9.